The summed E-state index contributed by atoms with van der Waals surface area (Å²) in [5.74, 6) is 0. The molecule has 0 aliphatic heterocycles. The van der Waals surface area contributed by atoms with Gasteiger partial charge in [-0.1, -0.05) is 46.9 Å². The summed E-state index contributed by atoms with van der Waals surface area (Å²) in [6.07, 6.45) is 0.549. The zero-order valence-corrected chi connectivity index (χ0v) is 11.8. The minimum absolute atomic E-state index is 0.326. The average molecular weight is 306 g/mol. The summed E-state index contributed by atoms with van der Waals surface area (Å²) in [6.45, 7) is 2.52. The first kappa shape index (κ1) is 13.7. The van der Waals surface area contributed by atoms with E-state index in [2.05, 4.69) is 5.10 Å². The number of hydrogen-bond acceptors (Lipinski definition) is 2. The summed E-state index contributed by atoms with van der Waals surface area (Å²) in [5, 5.41) is 15.6. The molecule has 2 aromatic rings. The molecule has 1 aromatic carbocycles. The number of nitrogens with zero attached hydrogens (tertiary/aromatic N) is 2. The van der Waals surface area contributed by atoms with Crippen LogP contribution in [0.1, 0.15) is 24.3 Å². The molecule has 0 radical (unpaired) electrons. The van der Waals surface area contributed by atoms with E-state index < -0.39 is 6.10 Å². The molecule has 0 fully saturated rings. The lowest BCUT2D eigenvalue weighted by Crippen LogP contribution is -2.10. The Hall–Kier alpha value is -0.740. The molecule has 0 aliphatic rings. The molecule has 1 aromatic heterocycles. The predicted octanol–water partition coefficient (Wildman–Crippen LogP) is 3.94. The molecule has 0 aliphatic carbocycles. The van der Waals surface area contributed by atoms with Gasteiger partial charge in [-0.3, -0.25) is 4.68 Å². The molecular weight excluding hydrogens is 295 g/mol. The van der Waals surface area contributed by atoms with Crippen LogP contribution in [0.15, 0.2) is 24.4 Å². The highest BCUT2D eigenvalue weighted by Crippen LogP contribution is 2.35. The summed E-state index contributed by atoms with van der Waals surface area (Å²) in [6, 6.07) is 5.11. The maximum Gasteiger partial charge on any atom is 0.124 e. The van der Waals surface area contributed by atoms with Gasteiger partial charge in [-0.05, 0) is 13.0 Å². The third-order valence-electron chi connectivity index (χ3n) is 2.67. The van der Waals surface area contributed by atoms with Crippen molar-refractivity contribution in [1.82, 2.24) is 9.78 Å². The van der Waals surface area contributed by atoms with Crippen LogP contribution in [0, 0.1) is 0 Å². The largest absolute Gasteiger partial charge is 0.382 e. The summed E-state index contributed by atoms with van der Waals surface area (Å²) >= 11 is 18.1. The first-order chi connectivity index (χ1) is 8.56. The van der Waals surface area contributed by atoms with Crippen LogP contribution in [-0.4, -0.2) is 14.9 Å². The summed E-state index contributed by atoms with van der Waals surface area (Å²) in [7, 11) is 0. The number of hydrogen-bond donors (Lipinski definition) is 1. The Morgan fingerprint density at radius 3 is 2.67 bits per heavy atom. The first-order valence-corrected chi connectivity index (χ1v) is 6.52. The lowest BCUT2D eigenvalue weighted by atomic mass is 10.1. The second-order valence-electron chi connectivity index (χ2n) is 3.74. The molecule has 0 saturated carbocycles. The molecule has 1 atom stereocenters. The van der Waals surface area contributed by atoms with Crippen LogP contribution in [0.25, 0.3) is 0 Å². The molecule has 96 valence electrons. The van der Waals surface area contributed by atoms with Gasteiger partial charge in [0.05, 0.1) is 27.0 Å². The minimum Gasteiger partial charge on any atom is -0.382 e. The van der Waals surface area contributed by atoms with E-state index in [4.69, 9.17) is 34.8 Å². The van der Waals surface area contributed by atoms with Crippen molar-refractivity contribution in [1.29, 1.82) is 0 Å². The minimum atomic E-state index is -0.953. The first-order valence-electron chi connectivity index (χ1n) is 5.39. The van der Waals surface area contributed by atoms with Crippen LogP contribution in [0.3, 0.4) is 0 Å². The summed E-state index contributed by atoms with van der Waals surface area (Å²) in [4.78, 5) is 0. The monoisotopic (exact) mass is 304 g/mol. The van der Waals surface area contributed by atoms with Gasteiger partial charge in [0.1, 0.15) is 6.10 Å². The van der Waals surface area contributed by atoms with Crippen molar-refractivity contribution >= 4 is 34.8 Å². The Bertz CT molecular complexity index is 568. The number of rotatable bonds is 3. The number of aliphatic hydroxyl groups is 1. The molecule has 0 spiro atoms. The van der Waals surface area contributed by atoms with Gasteiger partial charge in [0.15, 0.2) is 0 Å². The maximum atomic E-state index is 10.4. The van der Waals surface area contributed by atoms with Gasteiger partial charge in [-0.25, -0.2) is 0 Å². The summed E-state index contributed by atoms with van der Waals surface area (Å²) in [5.41, 5.74) is 1.03. The van der Waals surface area contributed by atoms with Crippen molar-refractivity contribution in [3.05, 3.63) is 50.7 Å². The highest BCUT2D eigenvalue weighted by atomic mass is 35.5. The molecule has 18 heavy (non-hydrogen) atoms. The molecular formula is C12H11Cl3N2O. The van der Waals surface area contributed by atoms with Gasteiger partial charge >= 0.3 is 0 Å². The number of aromatic nitrogens is 2. The lowest BCUT2D eigenvalue weighted by molar-refractivity contribution is 0.208. The van der Waals surface area contributed by atoms with Crippen LogP contribution in [0.5, 0.6) is 0 Å². The number of halogens is 3. The van der Waals surface area contributed by atoms with E-state index in [-0.39, 0.29) is 0 Å². The molecule has 6 heteroatoms. The van der Waals surface area contributed by atoms with Crippen LogP contribution in [-0.2, 0) is 6.54 Å². The van der Waals surface area contributed by atoms with E-state index in [1.165, 1.54) is 6.20 Å². The van der Waals surface area contributed by atoms with Crippen molar-refractivity contribution in [2.24, 2.45) is 0 Å². The van der Waals surface area contributed by atoms with Crippen LogP contribution in [0.4, 0.5) is 0 Å². The van der Waals surface area contributed by atoms with E-state index in [9.17, 15) is 5.11 Å². The smallest absolute Gasteiger partial charge is 0.124 e. The second-order valence-corrected chi connectivity index (χ2v) is 4.93. The van der Waals surface area contributed by atoms with E-state index in [0.29, 0.717) is 32.9 Å². The molecule has 1 N–H and O–H groups in total. The fourth-order valence-electron chi connectivity index (χ4n) is 1.77. The van der Waals surface area contributed by atoms with Crippen LogP contribution >= 0.6 is 34.8 Å². The summed E-state index contributed by atoms with van der Waals surface area (Å²) < 4.78 is 1.63. The van der Waals surface area contributed by atoms with Crippen molar-refractivity contribution in [2.75, 3.05) is 0 Å². The van der Waals surface area contributed by atoms with E-state index in [1.54, 1.807) is 22.9 Å². The Morgan fingerprint density at radius 2 is 2.00 bits per heavy atom. The number of benzene rings is 1. The van der Waals surface area contributed by atoms with Crippen molar-refractivity contribution in [2.45, 2.75) is 19.6 Å². The van der Waals surface area contributed by atoms with Gasteiger partial charge < -0.3 is 5.11 Å². The quantitative estimate of drug-likeness (QED) is 0.932. The third kappa shape index (κ3) is 2.36. The Morgan fingerprint density at radius 1 is 1.28 bits per heavy atom. The number of aryl methyl sites for hydroxylation is 1. The van der Waals surface area contributed by atoms with E-state index in [0.717, 1.165) is 0 Å². The molecule has 0 saturated heterocycles. The highest BCUT2D eigenvalue weighted by molar-refractivity contribution is 6.42. The van der Waals surface area contributed by atoms with Gasteiger partial charge in [0.2, 0.25) is 0 Å². The zero-order valence-electron chi connectivity index (χ0n) is 9.57. The molecule has 1 unspecified atom stereocenters. The van der Waals surface area contributed by atoms with Crippen LogP contribution < -0.4 is 0 Å². The van der Waals surface area contributed by atoms with Crippen molar-refractivity contribution < 1.29 is 5.11 Å². The van der Waals surface area contributed by atoms with Gasteiger partial charge in [0.25, 0.3) is 0 Å². The SMILES string of the molecule is CCn1ncc(Cl)c1C(O)c1cccc(Cl)c1Cl. The Kier molecular flexibility index (Phi) is 4.17. The van der Waals surface area contributed by atoms with E-state index in [1.807, 2.05) is 6.92 Å². The van der Waals surface area contributed by atoms with E-state index >= 15 is 0 Å². The standard InChI is InChI=1S/C12H11Cl3N2O/c1-2-17-11(9(14)6-16-17)12(18)7-4-3-5-8(13)10(7)15/h3-6,12,18H,2H2,1H3. The van der Waals surface area contributed by atoms with Gasteiger partial charge in [0, 0.05) is 12.1 Å². The lowest BCUT2D eigenvalue weighted by Gasteiger charge is -2.15. The zero-order chi connectivity index (χ0) is 13.3. The molecule has 2 rings (SSSR count). The normalized spacial score (nSPS) is 12.7. The molecule has 3 nitrogen and oxygen atoms in total. The maximum absolute atomic E-state index is 10.4. The topological polar surface area (TPSA) is 38.0 Å². The fraction of sp³-hybridized carbons (Fsp3) is 0.250. The fourth-order valence-corrected chi connectivity index (χ4v) is 2.43. The average Bonchev–Trinajstić information content (AvgIpc) is 2.73. The molecule has 0 amide bonds. The van der Waals surface area contributed by atoms with Gasteiger partial charge in [-0.2, -0.15) is 5.10 Å². The predicted molar refractivity (Wildman–Crippen MR) is 73.4 cm³/mol. The van der Waals surface area contributed by atoms with Crippen molar-refractivity contribution in [3.63, 3.8) is 0 Å². The second kappa shape index (κ2) is 5.49. The third-order valence-corrected chi connectivity index (χ3v) is 3.79. The Labute approximate surface area is 120 Å². The molecule has 0 bridgehead atoms. The van der Waals surface area contributed by atoms with Crippen molar-refractivity contribution in [3.8, 4) is 0 Å². The number of aliphatic hydroxyl groups excluding tert-OH is 1. The van der Waals surface area contributed by atoms with Gasteiger partial charge in [-0.15, -0.1) is 0 Å². The molecule has 1 heterocycles. The van der Waals surface area contributed by atoms with Crippen LogP contribution in [0.2, 0.25) is 15.1 Å². The highest BCUT2D eigenvalue weighted by Gasteiger charge is 2.22. The Balaban J connectivity index is 2.51.